The highest BCUT2D eigenvalue weighted by molar-refractivity contribution is 7.22. The number of benzene rings is 6. The predicted molar refractivity (Wildman–Crippen MR) is 262 cm³/mol. The standard InChI is InChI=1S/3C17H19N2S.3HI/c3*1-5-12-9-13(19(3)4)10-15-17(12)18-16-11(2)7-6-8-14(16)20-15;;;/h3*6-10H,5H2,1-4H3;3*1H/q3*+1;;;/p-3. The molecule has 0 unspecified atom stereocenters. The second-order valence-electron chi connectivity index (χ2n) is 16.0. The van der Waals surface area contributed by atoms with Crippen molar-refractivity contribution in [2.45, 2.75) is 60.8 Å². The molecule has 0 aromatic heterocycles. The minimum Gasteiger partial charge on any atom is -1.00 e. The molecule has 0 bridgehead atoms. The lowest BCUT2D eigenvalue weighted by atomic mass is 10.1. The lowest BCUT2D eigenvalue weighted by Crippen LogP contribution is -3.00. The monoisotopic (exact) mass is 1230 g/mol. The van der Waals surface area contributed by atoms with Crippen LogP contribution in [-0.4, -0.2) is 57.2 Å². The summed E-state index contributed by atoms with van der Waals surface area (Å²) >= 11 is 5.51. The smallest absolute Gasteiger partial charge is 0.201 e. The summed E-state index contributed by atoms with van der Waals surface area (Å²) in [5.74, 6) is 0. The zero-order valence-electron chi connectivity index (χ0n) is 38.3. The second kappa shape index (κ2) is 22.9. The van der Waals surface area contributed by atoms with Crippen molar-refractivity contribution in [3.8, 4) is 31.7 Å². The zero-order chi connectivity index (χ0) is 42.8. The Kier molecular flexibility index (Phi) is 19.1. The topological polar surface area (TPSA) is 47.7 Å². The maximum absolute atomic E-state index is 4.94. The zero-order valence-corrected chi connectivity index (χ0v) is 47.2. The number of halogens is 3. The average molecular weight is 1230 g/mol. The van der Waals surface area contributed by atoms with E-state index in [1.165, 1.54) is 78.2 Å². The maximum atomic E-state index is 4.94. The van der Waals surface area contributed by atoms with Crippen molar-refractivity contribution in [3.05, 3.63) is 140 Å². The van der Waals surface area contributed by atoms with Crippen LogP contribution in [0.4, 0.5) is 0 Å². The van der Waals surface area contributed by atoms with E-state index >= 15 is 0 Å². The van der Waals surface area contributed by atoms with Crippen LogP contribution in [0.15, 0.2) is 91.0 Å². The lowest BCUT2D eigenvalue weighted by molar-refractivity contribution is -0.00100. The molecule has 0 radical (unpaired) electrons. The van der Waals surface area contributed by atoms with Crippen LogP contribution >= 0.6 is 34.0 Å². The van der Waals surface area contributed by atoms with Crippen LogP contribution in [-0.2, 0) is 19.3 Å². The first kappa shape index (κ1) is 52.6. The van der Waals surface area contributed by atoms with Crippen molar-refractivity contribution in [1.29, 1.82) is 0 Å². The van der Waals surface area contributed by atoms with Crippen LogP contribution < -0.4 is 102 Å². The van der Waals surface area contributed by atoms with E-state index in [9.17, 15) is 0 Å². The summed E-state index contributed by atoms with van der Waals surface area (Å²) in [4.78, 5) is 18.6. The molecule has 6 nitrogen and oxygen atoms in total. The number of rotatable bonds is 3. The lowest BCUT2D eigenvalue weighted by Gasteiger charge is -2.11. The summed E-state index contributed by atoms with van der Waals surface area (Å²) in [6.07, 6.45) is 3.03. The quantitative estimate of drug-likeness (QED) is 0.151. The molecule has 0 N–H and O–H groups in total. The van der Waals surface area contributed by atoms with Crippen molar-refractivity contribution >= 4 is 64.7 Å². The van der Waals surface area contributed by atoms with Gasteiger partial charge in [-0.2, -0.15) is 0 Å². The molecule has 0 spiro atoms. The van der Waals surface area contributed by atoms with Crippen LogP contribution in [0.5, 0.6) is 0 Å². The fourth-order valence-corrected chi connectivity index (χ4v) is 10.8. The molecule has 0 saturated carbocycles. The van der Waals surface area contributed by atoms with Crippen molar-refractivity contribution in [2.24, 2.45) is 0 Å². The Morgan fingerprint density at radius 3 is 0.873 bits per heavy atom. The molecule has 330 valence electrons. The molecule has 0 saturated heterocycles. The molecular formula is C51H57I3N6S3. The summed E-state index contributed by atoms with van der Waals surface area (Å²) < 4.78 is 10.3. The molecule has 0 fully saturated rings. The van der Waals surface area contributed by atoms with E-state index in [4.69, 9.17) is 15.0 Å². The minimum absolute atomic E-state index is 0. The van der Waals surface area contributed by atoms with Gasteiger partial charge >= 0.3 is 0 Å². The number of aromatic nitrogens is 3. The SMILES string of the molecule is CCc1cc(=[N+](C)C)cc2sc3cccc(C)c3nc1-2.CCc1cc(=[N+](C)C)cc2sc3cccc(C)c3nc1-2.CCc1cc(=[N+](C)C)cc2sc3cccc(C)c3nc1-2.[I-].[I-].[I-]. The van der Waals surface area contributed by atoms with Gasteiger partial charge in [-0.25, -0.2) is 28.7 Å². The van der Waals surface area contributed by atoms with Gasteiger partial charge in [0, 0.05) is 36.4 Å². The average Bonchev–Trinajstić information content (AvgIpc) is 3.24. The number of para-hydroxylation sites is 3. The second-order valence-corrected chi connectivity index (χ2v) is 19.3. The third kappa shape index (κ3) is 11.5. The molecule has 3 aliphatic heterocycles. The van der Waals surface area contributed by atoms with Crippen LogP contribution in [0.25, 0.3) is 62.4 Å². The maximum Gasteiger partial charge on any atom is 0.201 e. The number of aryl methyl sites for hydroxylation is 6. The van der Waals surface area contributed by atoms with Crippen molar-refractivity contribution in [1.82, 2.24) is 28.7 Å². The van der Waals surface area contributed by atoms with Crippen LogP contribution in [0.1, 0.15) is 54.2 Å². The highest BCUT2D eigenvalue weighted by Gasteiger charge is 2.17. The van der Waals surface area contributed by atoms with E-state index in [2.05, 4.69) is 189 Å². The summed E-state index contributed by atoms with van der Waals surface area (Å²) in [5, 5.41) is 3.75. The van der Waals surface area contributed by atoms with Gasteiger partial charge in [-0.3, -0.25) is 0 Å². The minimum atomic E-state index is 0. The molecule has 0 atom stereocenters. The Morgan fingerprint density at radius 2 is 0.651 bits per heavy atom. The van der Waals surface area contributed by atoms with Gasteiger partial charge in [0.05, 0.1) is 62.4 Å². The van der Waals surface area contributed by atoms with Crippen molar-refractivity contribution in [3.63, 3.8) is 0 Å². The number of fused-ring (bicyclic) bond motifs is 6. The van der Waals surface area contributed by atoms with Gasteiger partial charge in [0.25, 0.3) is 0 Å². The molecule has 63 heavy (non-hydrogen) atoms. The molecule has 0 amide bonds. The molecule has 12 heteroatoms. The fourth-order valence-electron chi connectivity index (χ4n) is 7.41. The highest BCUT2D eigenvalue weighted by atomic mass is 127. The summed E-state index contributed by atoms with van der Waals surface area (Å²) in [7, 11) is 12.5. The van der Waals surface area contributed by atoms with Crippen LogP contribution in [0, 0.1) is 20.8 Å². The Hall–Kier alpha value is -3.03. The first-order valence-electron chi connectivity index (χ1n) is 20.8. The van der Waals surface area contributed by atoms with Gasteiger partial charge in [-0.05, 0) is 91.6 Å². The highest BCUT2D eigenvalue weighted by Crippen LogP contribution is 2.35. The molecule has 3 aliphatic carbocycles. The van der Waals surface area contributed by atoms with E-state index in [1.54, 1.807) is 0 Å². The third-order valence-corrected chi connectivity index (χ3v) is 14.3. The van der Waals surface area contributed by atoms with Crippen molar-refractivity contribution in [2.75, 3.05) is 42.3 Å². The van der Waals surface area contributed by atoms with Gasteiger partial charge in [0.1, 0.15) is 42.3 Å². The molecule has 3 heterocycles. The normalized spacial score (nSPS) is 10.7. The van der Waals surface area contributed by atoms with Gasteiger partial charge in [-0.15, -0.1) is 34.0 Å². The van der Waals surface area contributed by atoms with E-state index in [0.717, 1.165) is 52.9 Å². The number of nitrogens with zero attached hydrogens (tertiary/aromatic N) is 6. The van der Waals surface area contributed by atoms with Crippen LogP contribution in [0.3, 0.4) is 0 Å². The summed E-state index contributed by atoms with van der Waals surface area (Å²) in [5.41, 5.74) is 14.6. The first-order chi connectivity index (χ1) is 28.8. The van der Waals surface area contributed by atoms with E-state index in [0.29, 0.717) is 0 Å². The Balaban J connectivity index is 0.000000203. The van der Waals surface area contributed by atoms with Gasteiger partial charge in [0.2, 0.25) is 16.1 Å². The van der Waals surface area contributed by atoms with E-state index in [-0.39, 0.29) is 71.9 Å². The molecule has 9 rings (SSSR count). The Labute approximate surface area is 436 Å². The van der Waals surface area contributed by atoms with E-state index < -0.39 is 0 Å². The molecule has 6 aliphatic rings. The van der Waals surface area contributed by atoms with E-state index in [1.807, 2.05) is 34.0 Å². The predicted octanol–water partition coefficient (Wildman–Crippen LogP) is 0.923. The molecule has 3 aromatic rings. The van der Waals surface area contributed by atoms with Crippen molar-refractivity contribution < 1.29 is 71.9 Å². The number of hydrogen-bond donors (Lipinski definition) is 0. The summed E-state index contributed by atoms with van der Waals surface area (Å²) in [6, 6.07) is 32.7. The third-order valence-electron chi connectivity index (χ3n) is 11.0. The largest absolute Gasteiger partial charge is 1.00 e. The summed E-state index contributed by atoms with van der Waals surface area (Å²) in [6.45, 7) is 13.0. The van der Waals surface area contributed by atoms with Gasteiger partial charge in [0.15, 0.2) is 0 Å². The first-order valence-corrected chi connectivity index (χ1v) is 23.2. The molecule has 3 aromatic carbocycles. The molecular weight excluding hydrogens is 1170 g/mol. The van der Waals surface area contributed by atoms with Gasteiger partial charge < -0.3 is 71.9 Å². The van der Waals surface area contributed by atoms with Gasteiger partial charge in [-0.1, -0.05) is 57.2 Å². The van der Waals surface area contributed by atoms with Crippen LogP contribution in [0.2, 0.25) is 0 Å². The fraction of sp³-hybridized carbons (Fsp3) is 0.294. The Bertz CT molecular complexity index is 2830. The number of hydrogen-bond acceptors (Lipinski definition) is 6. The Morgan fingerprint density at radius 1 is 0.397 bits per heavy atom.